The van der Waals surface area contributed by atoms with Crippen LogP contribution in [0, 0.1) is 24.0 Å². The highest BCUT2D eigenvalue weighted by molar-refractivity contribution is 6.07. The van der Waals surface area contributed by atoms with E-state index < -0.39 is 11.0 Å². The Balaban J connectivity index is 2.00. The quantitative estimate of drug-likeness (QED) is 0.428. The normalized spacial score (nSPS) is 10.5. The fourth-order valence-corrected chi connectivity index (χ4v) is 3.19. The molecular weight excluding hydrogens is 396 g/mol. The van der Waals surface area contributed by atoms with Crippen LogP contribution >= 0.6 is 0 Å². The van der Waals surface area contributed by atoms with E-state index in [-0.39, 0.29) is 11.4 Å². The second-order valence-electron chi connectivity index (χ2n) is 7.41. The van der Waals surface area contributed by atoms with Gasteiger partial charge >= 0.3 is 6.03 Å². The Labute approximate surface area is 180 Å². The second-order valence-corrected chi connectivity index (χ2v) is 7.41. The molecule has 2 N–H and O–H groups in total. The zero-order valence-electron chi connectivity index (χ0n) is 17.8. The van der Waals surface area contributed by atoms with E-state index in [2.05, 4.69) is 5.32 Å². The number of nitro groups is 1. The average Bonchev–Trinajstić information content (AvgIpc) is 2.73. The van der Waals surface area contributed by atoms with Crippen LogP contribution in [0.15, 0.2) is 60.7 Å². The third kappa shape index (κ3) is 4.75. The van der Waals surface area contributed by atoms with E-state index in [9.17, 15) is 20.0 Å². The molecule has 0 unspecified atom stereocenters. The first-order valence-corrected chi connectivity index (χ1v) is 9.60. The van der Waals surface area contributed by atoms with Gasteiger partial charge in [0.1, 0.15) is 5.75 Å². The first-order valence-electron chi connectivity index (χ1n) is 9.60. The Morgan fingerprint density at radius 3 is 1.90 bits per heavy atom. The van der Waals surface area contributed by atoms with Crippen LogP contribution in [-0.2, 0) is 0 Å². The molecule has 3 aromatic rings. The molecule has 0 aliphatic rings. The van der Waals surface area contributed by atoms with Crippen molar-refractivity contribution in [2.75, 3.05) is 29.2 Å². The van der Waals surface area contributed by atoms with Crippen molar-refractivity contribution in [2.24, 2.45) is 0 Å². The molecule has 0 spiro atoms. The first kappa shape index (κ1) is 21.6. The number of aryl methyl sites for hydroxylation is 2. The molecule has 31 heavy (non-hydrogen) atoms. The number of rotatable bonds is 5. The van der Waals surface area contributed by atoms with Crippen LogP contribution in [0.2, 0.25) is 0 Å². The van der Waals surface area contributed by atoms with E-state index in [1.165, 1.54) is 29.2 Å². The van der Waals surface area contributed by atoms with Crippen LogP contribution in [0.5, 0.6) is 5.75 Å². The standard InChI is InChI=1S/C23H24N4O4/c1-15-13-21(14-16(2)22(15)28)26(19-11-9-18(10-12-19)25(3)4)23(29)24-17-5-7-20(8-6-17)27(30)31/h5-14,28H,1-4H3,(H,24,29). The van der Waals surface area contributed by atoms with Gasteiger partial charge in [0, 0.05) is 37.6 Å². The Morgan fingerprint density at radius 1 is 0.903 bits per heavy atom. The fourth-order valence-electron chi connectivity index (χ4n) is 3.19. The lowest BCUT2D eigenvalue weighted by atomic mass is 10.1. The van der Waals surface area contributed by atoms with Gasteiger partial charge in [0.2, 0.25) is 0 Å². The van der Waals surface area contributed by atoms with Gasteiger partial charge in [-0.05, 0) is 73.5 Å². The SMILES string of the molecule is Cc1cc(N(C(=O)Nc2ccc([N+](=O)[O-])cc2)c2ccc(N(C)C)cc2)cc(C)c1O. The molecule has 0 radical (unpaired) electrons. The van der Waals surface area contributed by atoms with E-state index in [0.29, 0.717) is 28.2 Å². The van der Waals surface area contributed by atoms with Crippen LogP contribution in [0.25, 0.3) is 0 Å². The van der Waals surface area contributed by atoms with Crippen molar-refractivity contribution in [2.45, 2.75) is 13.8 Å². The lowest BCUT2D eigenvalue weighted by Gasteiger charge is -2.25. The van der Waals surface area contributed by atoms with Crippen molar-refractivity contribution in [3.63, 3.8) is 0 Å². The van der Waals surface area contributed by atoms with Crippen molar-refractivity contribution in [1.82, 2.24) is 0 Å². The molecule has 0 heterocycles. The van der Waals surface area contributed by atoms with Crippen molar-refractivity contribution in [1.29, 1.82) is 0 Å². The highest BCUT2D eigenvalue weighted by Crippen LogP contribution is 2.33. The number of nitro benzene ring substituents is 1. The molecule has 3 aromatic carbocycles. The van der Waals surface area contributed by atoms with E-state index in [4.69, 9.17) is 0 Å². The Morgan fingerprint density at radius 2 is 1.42 bits per heavy atom. The van der Waals surface area contributed by atoms with Gasteiger partial charge in [-0.3, -0.25) is 15.0 Å². The largest absolute Gasteiger partial charge is 0.507 e. The number of benzene rings is 3. The monoisotopic (exact) mass is 420 g/mol. The predicted octanol–water partition coefficient (Wildman–Crippen LogP) is 5.35. The number of phenols is 1. The van der Waals surface area contributed by atoms with Crippen LogP contribution < -0.4 is 15.1 Å². The van der Waals surface area contributed by atoms with E-state index in [1.54, 1.807) is 26.0 Å². The van der Waals surface area contributed by atoms with E-state index in [1.807, 2.05) is 43.3 Å². The number of hydrogen-bond acceptors (Lipinski definition) is 5. The van der Waals surface area contributed by atoms with Crippen LogP contribution in [0.4, 0.5) is 33.2 Å². The number of urea groups is 1. The summed E-state index contributed by atoms with van der Waals surface area (Å²) in [5, 5.41) is 23.8. The summed E-state index contributed by atoms with van der Waals surface area (Å²) in [7, 11) is 3.86. The molecule has 3 rings (SSSR count). The Bertz CT molecular complexity index is 1090. The molecule has 160 valence electrons. The van der Waals surface area contributed by atoms with Gasteiger partial charge in [-0.2, -0.15) is 0 Å². The maximum Gasteiger partial charge on any atom is 0.330 e. The number of hydrogen-bond donors (Lipinski definition) is 2. The maximum atomic E-state index is 13.3. The minimum Gasteiger partial charge on any atom is -0.507 e. The van der Waals surface area contributed by atoms with Gasteiger partial charge in [-0.25, -0.2) is 4.79 Å². The Kier molecular flexibility index (Phi) is 6.10. The molecule has 0 bridgehead atoms. The minimum absolute atomic E-state index is 0.0566. The van der Waals surface area contributed by atoms with Gasteiger partial charge < -0.3 is 15.3 Å². The summed E-state index contributed by atoms with van der Waals surface area (Å²) < 4.78 is 0. The van der Waals surface area contributed by atoms with Gasteiger partial charge in [0.05, 0.1) is 16.3 Å². The summed E-state index contributed by atoms with van der Waals surface area (Å²) in [6, 6.07) is 16.1. The lowest BCUT2D eigenvalue weighted by molar-refractivity contribution is -0.384. The van der Waals surface area contributed by atoms with Gasteiger partial charge in [-0.15, -0.1) is 0 Å². The topological polar surface area (TPSA) is 99.0 Å². The Hall–Kier alpha value is -4.07. The first-order chi connectivity index (χ1) is 14.7. The van der Waals surface area contributed by atoms with Gasteiger partial charge in [0.15, 0.2) is 0 Å². The van der Waals surface area contributed by atoms with E-state index >= 15 is 0 Å². The molecule has 0 fully saturated rings. The summed E-state index contributed by atoms with van der Waals surface area (Å²) in [5.74, 6) is 0.183. The van der Waals surface area contributed by atoms with Crippen LogP contribution in [0.1, 0.15) is 11.1 Å². The molecule has 0 saturated heterocycles. The van der Waals surface area contributed by atoms with E-state index in [0.717, 1.165) is 5.69 Å². The third-order valence-corrected chi connectivity index (χ3v) is 4.89. The average molecular weight is 420 g/mol. The molecule has 2 amide bonds. The number of aromatic hydroxyl groups is 1. The number of carbonyl (C=O) groups is 1. The lowest BCUT2D eigenvalue weighted by Crippen LogP contribution is -2.31. The molecule has 0 aromatic heterocycles. The number of nitrogens with one attached hydrogen (secondary N) is 1. The molecule has 0 aliphatic carbocycles. The van der Waals surface area contributed by atoms with Crippen molar-refractivity contribution >= 4 is 34.5 Å². The number of phenolic OH excluding ortho intramolecular Hbond substituents is 1. The highest BCUT2D eigenvalue weighted by Gasteiger charge is 2.20. The molecule has 8 nitrogen and oxygen atoms in total. The molecular formula is C23H24N4O4. The molecule has 8 heteroatoms. The predicted molar refractivity (Wildman–Crippen MR) is 123 cm³/mol. The minimum atomic E-state index is -0.494. The third-order valence-electron chi connectivity index (χ3n) is 4.89. The number of nitrogens with zero attached hydrogens (tertiary/aromatic N) is 3. The smallest absolute Gasteiger partial charge is 0.330 e. The number of anilines is 4. The summed E-state index contributed by atoms with van der Waals surface area (Å²) in [6.45, 7) is 3.54. The number of non-ortho nitro benzene ring substituents is 1. The van der Waals surface area contributed by atoms with Gasteiger partial charge in [0.25, 0.3) is 5.69 Å². The zero-order valence-corrected chi connectivity index (χ0v) is 17.8. The summed E-state index contributed by atoms with van der Waals surface area (Å²) in [5.41, 5.74) is 3.87. The zero-order chi connectivity index (χ0) is 22.7. The summed E-state index contributed by atoms with van der Waals surface area (Å²) in [4.78, 5) is 27.1. The molecule has 0 atom stereocenters. The number of carbonyl (C=O) groups excluding carboxylic acids is 1. The maximum absolute atomic E-state index is 13.3. The number of amides is 2. The molecule has 0 saturated carbocycles. The van der Waals surface area contributed by atoms with Crippen molar-refractivity contribution in [3.8, 4) is 5.75 Å². The summed E-state index contributed by atoms with van der Waals surface area (Å²) >= 11 is 0. The van der Waals surface area contributed by atoms with Crippen molar-refractivity contribution < 1.29 is 14.8 Å². The second kappa shape index (κ2) is 8.74. The van der Waals surface area contributed by atoms with Crippen LogP contribution in [0.3, 0.4) is 0 Å². The summed E-state index contributed by atoms with van der Waals surface area (Å²) in [6.07, 6.45) is 0. The molecule has 0 aliphatic heterocycles. The fraction of sp³-hybridized carbons (Fsp3) is 0.174. The van der Waals surface area contributed by atoms with Gasteiger partial charge in [-0.1, -0.05) is 0 Å². The van der Waals surface area contributed by atoms with Crippen LogP contribution in [-0.4, -0.2) is 30.2 Å². The van der Waals surface area contributed by atoms with Crippen molar-refractivity contribution in [3.05, 3.63) is 81.9 Å². The highest BCUT2D eigenvalue weighted by atomic mass is 16.6.